The molecule has 1 saturated carbocycles. The highest BCUT2D eigenvalue weighted by molar-refractivity contribution is 5.79. The highest BCUT2D eigenvalue weighted by Crippen LogP contribution is 2.49. The smallest absolute Gasteiger partial charge is 0.314 e. The molecule has 0 saturated heterocycles. The van der Waals surface area contributed by atoms with Crippen LogP contribution in [0.2, 0.25) is 0 Å². The molecule has 5 nitrogen and oxygen atoms in total. The second kappa shape index (κ2) is 14.2. The van der Waals surface area contributed by atoms with E-state index in [0.29, 0.717) is 32.7 Å². The van der Waals surface area contributed by atoms with Crippen LogP contribution in [0.3, 0.4) is 0 Å². The van der Waals surface area contributed by atoms with Gasteiger partial charge in [0.25, 0.3) is 0 Å². The Morgan fingerprint density at radius 2 is 1.15 bits per heavy atom. The molecule has 0 radical (unpaired) electrons. The standard InChI is InChI=1S/C36H39NO4/c1-39-35(38)36(34(41-27-32-20-12-5-13-21-32)28-40-26-31-18-10-4-11-19-31)22-33(23-36)37(24-29-14-6-2-7-15-29)25-30-16-8-3-9-17-30/h2-21,33-34H,22-28H2,1H3. The molecule has 0 bridgehead atoms. The van der Waals surface area contributed by atoms with E-state index < -0.39 is 11.5 Å². The lowest BCUT2D eigenvalue weighted by molar-refractivity contribution is -0.193. The highest BCUT2D eigenvalue weighted by Gasteiger charge is 2.58. The summed E-state index contributed by atoms with van der Waals surface area (Å²) in [6.07, 6.45) is 0.853. The van der Waals surface area contributed by atoms with E-state index in [1.165, 1.54) is 18.2 Å². The van der Waals surface area contributed by atoms with Crippen LogP contribution in [0.15, 0.2) is 121 Å². The summed E-state index contributed by atoms with van der Waals surface area (Å²) in [6.45, 7) is 2.78. The zero-order chi connectivity index (χ0) is 28.3. The fourth-order valence-corrected chi connectivity index (χ4v) is 5.75. The monoisotopic (exact) mass is 549 g/mol. The van der Waals surface area contributed by atoms with Gasteiger partial charge in [-0.25, -0.2) is 0 Å². The molecule has 1 atom stereocenters. The number of carbonyl (C=O) groups is 1. The third-order valence-corrected chi connectivity index (χ3v) is 8.06. The number of ether oxygens (including phenoxy) is 3. The van der Waals surface area contributed by atoms with Crippen molar-refractivity contribution in [3.05, 3.63) is 144 Å². The molecule has 0 heterocycles. The molecule has 0 aromatic heterocycles. The van der Waals surface area contributed by atoms with Crippen LogP contribution in [-0.4, -0.2) is 36.7 Å². The predicted molar refractivity (Wildman–Crippen MR) is 161 cm³/mol. The van der Waals surface area contributed by atoms with Crippen molar-refractivity contribution in [2.45, 2.75) is 51.3 Å². The number of hydrogen-bond acceptors (Lipinski definition) is 5. The van der Waals surface area contributed by atoms with Crippen LogP contribution < -0.4 is 0 Å². The molecule has 0 amide bonds. The molecule has 5 heteroatoms. The van der Waals surface area contributed by atoms with Crippen LogP contribution in [0.1, 0.15) is 35.1 Å². The Morgan fingerprint density at radius 3 is 1.61 bits per heavy atom. The molecule has 4 aromatic carbocycles. The van der Waals surface area contributed by atoms with E-state index in [9.17, 15) is 4.79 Å². The first-order valence-electron chi connectivity index (χ1n) is 14.3. The van der Waals surface area contributed by atoms with Crippen molar-refractivity contribution in [1.29, 1.82) is 0 Å². The Labute approximate surface area is 243 Å². The van der Waals surface area contributed by atoms with Crippen molar-refractivity contribution in [2.24, 2.45) is 5.41 Å². The number of rotatable bonds is 14. The first kappa shape index (κ1) is 28.7. The van der Waals surface area contributed by atoms with E-state index in [1.807, 2.05) is 72.8 Å². The van der Waals surface area contributed by atoms with Crippen LogP contribution in [0, 0.1) is 5.41 Å². The van der Waals surface area contributed by atoms with Gasteiger partial charge in [-0.3, -0.25) is 9.69 Å². The summed E-state index contributed by atoms with van der Waals surface area (Å²) in [5.74, 6) is -0.227. The molecule has 1 aliphatic rings. The van der Waals surface area contributed by atoms with Gasteiger partial charge in [0.05, 0.1) is 38.4 Å². The van der Waals surface area contributed by atoms with E-state index >= 15 is 0 Å². The molecular formula is C36H39NO4. The molecule has 212 valence electrons. The lowest BCUT2D eigenvalue weighted by atomic mass is 9.61. The first-order valence-corrected chi connectivity index (χ1v) is 14.3. The minimum Gasteiger partial charge on any atom is -0.469 e. The van der Waals surface area contributed by atoms with Crippen molar-refractivity contribution in [2.75, 3.05) is 13.7 Å². The van der Waals surface area contributed by atoms with E-state index in [4.69, 9.17) is 14.2 Å². The van der Waals surface area contributed by atoms with Crippen LogP contribution in [-0.2, 0) is 45.3 Å². The summed E-state index contributed by atoms with van der Waals surface area (Å²) in [7, 11) is 1.47. The lowest BCUT2D eigenvalue weighted by Gasteiger charge is -2.52. The minimum atomic E-state index is -0.781. The van der Waals surface area contributed by atoms with Gasteiger partial charge in [-0.1, -0.05) is 121 Å². The van der Waals surface area contributed by atoms with Crippen LogP contribution in [0.5, 0.6) is 0 Å². The summed E-state index contributed by atoms with van der Waals surface area (Å²) < 4.78 is 18.1. The average Bonchev–Trinajstić information content (AvgIpc) is 3.00. The largest absolute Gasteiger partial charge is 0.469 e. The third-order valence-electron chi connectivity index (χ3n) is 8.06. The number of benzene rings is 4. The molecule has 0 N–H and O–H groups in total. The van der Waals surface area contributed by atoms with E-state index in [1.54, 1.807) is 0 Å². The van der Waals surface area contributed by atoms with Crippen molar-refractivity contribution in [1.82, 2.24) is 4.90 Å². The highest BCUT2D eigenvalue weighted by atomic mass is 16.5. The van der Waals surface area contributed by atoms with E-state index in [0.717, 1.165) is 24.2 Å². The minimum absolute atomic E-state index is 0.200. The van der Waals surface area contributed by atoms with Crippen LogP contribution in [0.4, 0.5) is 0 Å². The summed E-state index contributed by atoms with van der Waals surface area (Å²) in [4.78, 5) is 16.0. The molecule has 41 heavy (non-hydrogen) atoms. The van der Waals surface area contributed by atoms with E-state index in [-0.39, 0.29) is 12.0 Å². The van der Waals surface area contributed by atoms with Gasteiger partial charge >= 0.3 is 5.97 Å². The Morgan fingerprint density at radius 1 is 0.707 bits per heavy atom. The fraction of sp³-hybridized carbons (Fsp3) is 0.306. The van der Waals surface area contributed by atoms with Crippen LogP contribution >= 0.6 is 0 Å². The molecule has 1 aliphatic carbocycles. The Hall–Kier alpha value is -3.77. The first-order chi connectivity index (χ1) is 20.2. The molecule has 1 fully saturated rings. The molecule has 0 aliphatic heterocycles. The van der Waals surface area contributed by atoms with Gasteiger partial charge in [0, 0.05) is 19.1 Å². The van der Waals surface area contributed by atoms with Gasteiger partial charge < -0.3 is 14.2 Å². The lowest BCUT2D eigenvalue weighted by Crippen LogP contribution is -2.61. The maximum atomic E-state index is 13.5. The molecule has 5 rings (SSSR count). The average molecular weight is 550 g/mol. The van der Waals surface area contributed by atoms with Crippen molar-refractivity contribution >= 4 is 5.97 Å². The van der Waals surface area contributed by atoms with E-state index in [2.05, 4.69) is 53.4 Å². The summed E-state index contributed by atoms with van der Waals surface area (Å²) in [5.41, 5.74) is 3.87. The van der Waals surface area contributed by atoms with Crippen molar-refractivity contribution < 1.29 is 19.0 Å². The summed E-state index contributed by atoms with van der Waals surface area (Å²) in [6, 6.07) is 41.4. The molecular weight excluding hydrogens is 510 g/mol. The number of nitrogens with zero attached hydrogens (tertiary/aromatic N) is 1. The zero-order valence-corrected chi connectivity index (χ0v) is 23.7. The zero-order valence-electron chi connectivity index (χ0n) is 23.7. The quantitative estimate of drug-likeness (QED) is 0.162. The summed E-state index contributed by atoms with van der Waals surface area (Å²) in [5, 5.41) is 0. The Balaban J connectivity index is 1.35. The van der Waals surface area contributed by atoms with Gasteiger partial charge in [0.2, 0.25) is 0 Å². The molecule has 0 spiro atoms. The maximum absolute atomic E-state index is 13.5. The fourth-order valence-electron chi connectivity index (χ4n) is 5.75. The molecule has 4 aromatic rings. The third kappa shape index (κ3) is 7.50. The van der Waals surface area contributed by atoms with Crippen LogP contribution in [0.25, 0.3) is 0 Å². The second-order valence-corrected chi connectivity index (χ2v) is 10.9. The number of methoxy groups -OCH3 is 1. The van der Waals surface area contributed by atoms with Gasteiger partial charge in [-0.05, 0) is 35.1 Å². The second-order valence-electron chi connectivity index (χ2n) is 10.9. The van der Waals surface area contributed by atoms with Gasteiger partial charge in [-0.15, -0.1) is 0 Å². The van der Waals surface area contributed by atoms with Gasteiger partial charge in [0.15, 0.2) is 0 Å². The Kier molecular flexibility index (Phi) is 9.97. The number of hydrogen-bond donors (Lipinski definition) is 0. The predicted octanol–water partition coefficient (Wildman–Crippen LogP) is 6.81. The number of carbonyl (C=O) groups excluding carboxylic acids is 1. The van der Waals surface area contributed by atoms with Crippen molar-refractivity contribution in [3.63, 3.8) is 0 Å². The topological polar surface area (TPSA) is 48.0 Å². The normalized spacial score (nSPS) is 18.9. The van der Waals surface area contributed by atoms with Gasteiger partial charge in [0.1, 0.15) is 0 Å². The SMILES string of the molecule is COC(=O)C1(C(COCc2ccccc2)OCc2ccccc2)CC(N(Cc2ccccc2)Cc2ccccc2)C1. The summed E-state index contributed by atoms with van der Waals surface area (Å²) >= 11 is 0. The van der Waals surface area contributed by atoms with Crippen molar-refractivity contribution in [3.8, 4) is 0 Å². The maximum Gasteiger partial charge on any atom is 0.314 e. The molecule has 1 unspecified atom stereocenters. The van der Waals surface area contributed by atoms with Gasteiger partial charge in [-0.2, -0.15) is 0 Å². The Bertz CT molecular complexity index is 1280. The number of esters is 1.